The molecule has 17 heteroatoms. The van der Waals surface area contributed by atoms with E-state index in [1.165, 1.54) is 19.4 Å². The van der Waals surface area contributed by atoms with Gasteiger partial charge in [0.15, 0.2) is 24.7 Å². The van der Waals surface area contributed by atoms with E-state index in [4.69, 9.17) is 37.9 Å². The fourth-order valence-corrected chi connectivity index (χ4v) is 14.0. The van der Waals surface area contributed by atoms with E-state index in [-0.39, 0.29) is 16.9 Å². The van der Waals surface area contributed by atoms with Gasteiger partial charge in [-0.3, -0.25) is 0 Å². The Labute approximate surface area is 363 Å². The number of aliphatic hydroxyl groups is 9. The molecule has 27 atom stereocenters. The molecule has 9 rings (SSSR count). The summed E-state index contributed by atoms with van der Waals surface area (Å²) in [5.74, 6) is 2.09. The highest BCUT2D eigenvalue weighted by Crippen LogP contribution is 2.70. The first-order valence-corrected chi connectivity index (χ1v) is 23.3. The average Bonchev–Trinajstić information content (AvgIpc) is 3.69. The van der Waals surface area contributed by atoms with E-state index < -0.39 is 117 Å². The summed E-state index contributed by atoms with van der Waals surface area (Å²) in [5, 5.41) is 97.9. The first-order valence-electron chi connectivity index (χ1n) is 23.3. The average molecular weight is 885 g/mol. The molecule has 9 N–H and O–H groups in total. The minimum Gasteiger partial charge on any atom is -0.394 e. The Morgan fingerprint density at radius 1 is 0.710 bits per heavy atom. The normalized spacial score (nSPS) is 58.9. The lowest BCUT2D eigenvalue weighted by Crippen LogP contribution is -2.67. The van der Waals surface area contributed by atoms with Gasteiger partial charge in [-0.15, -0.1) is 0 Å². The van der Waals surface area contributed by atoms with Crippen molar-refractivity contribution >= 4 is 0 Å². The van der Waals surface area contributed by atoms with Gasteiger partial charge in [0.05, 0.1) is 43.7 Å². The molecule has 5 heterocycles. The Kier molecular flexibility index (Phi) is 12.7. The molecule has 62 heavy (non-hydrogen) atoms. The van der Waals surface area contributed by atoms with Crippen LogP contribution in [0.4, 0.5) is 0 Å². The molecule has 0 amide bonds. The van der Waals surface area contributed by atoms with Crippen molar-refractivity contribution in [2.45, 2.75) is 209 Å². The van der Waals surface area contributed by atoms with Crippen LogP contribution in [0.3, 0.4) is 0 Å². The fraction of sp³-hybridized carbons (Fsp3) is 0.956. The highest BCUT2D eigenvalue weighted by molar-refractivity contribution is 5.27. The van der Waals surface area contributed by atoms with Crippen LogP contribution in [-0.2, 0) is 37.9 Å². The van der Waals surface area contributed by atoms with Crippen molar-refractivity contribution < 1.29 is 83.9 Å². The van der Waals surface area contributed by atoms with Gasteiger partial charge in [0.25, 0.3) is 0 Å². The van der Waals surface area contributed by atoms with Gasteiger partial charge in [0, 0.05) is 12.3 Å². The van der Waals surface area contributed by atoms with Gasteiger partial charge in [0.2, 0.25) is 0 Å². The SMILES string of the molecule is CC1CCC2(OC1)OC1CC3C4CC=C5CC(OC6OC(CO)C(OC7OC(C)C(O)C(O)C7O)C(O)C6OC6OC(C)C(O)C(O)C6O)C(O)CC5(C)C4CCC3(C)C1C2C. The van der Waals surface area contributed by atoms with Gasteiger partial charge < -0.3 is 83.9 Å². The molecule has 0 aromatic heterocycles. The Balaban J connectivity index is 0.933. The van der Waals surface area contributed by atoms with E-state index in [1.807, 2.05) is 0 Å². The van der Waals surface area contributed by atoms with Crippen molar-refractivity contribution in [1.29, 1.82) is 0 Å². The van der Waals surface area contributed by atoms with Crippen LogP contribution < -0.4 is 0 Å². The van der Waals surface area contributed by atoms with Crippen molar-refractivity contribution in [3.63, 3.8) is 0 Å². The number of hydrogen-bond acceptors (Lipinski definition) is 17. The molecule has 5 saturated heterocycles. The third-order valence-electron chi connectivity index (χ3n) is 17.7. The van der Waals surface area contributed by atoms with Crippen molar-refractivity contribution in [1.82, 2.24) is 0 Å². The summed E-state index contributed by atoms with van der Waals surface area (Å²) in [7, 11) is 0. The van der Waals surface area contributed by atoms with Gasteiger partial charge >= 0.3 is 0 Å². The summed E-state index contributed by atoms with van der Waals surface area (Å²) in [6.45, 7) is 12.4. The quantitative estimate of drug-likeness (QED) is 0.155. The number of rotatable bonds is 7. The molecule has 4 aliphatic carbocycles. The lowest BCUT2D eigenvalue weighted by Gasteiger charge is -2.59. The maximum absolute atomic E-state index is 12.0. The molecule has 1 spiro atoms. The van der Waals surface area contributed by atoms with Crippen LogP contribution in [-0.4, -0.2) is 175 Å². The molecule has 5 aliphatic heterocycles. The molecule has 9 aliphatic rings. The van der Waals surface area contributed by atoms with E-state index in [9.17, 15) is 46.0 Å². The third-order valence-corrected chi connectivity index (χ3v) is 17.7. The molecule has 3 saturated carbocycles. The smallest absolute Gasteiger partial charge is 0.187 e. The minimum absolute atomic E-state index is 0.128. The largest absolute Gasteiger partial charge is 0.394 e. The van der Waals surface area contributed by atoms with Gasteiger partial charge in [-0.1, -0.05) is 39.3 Å². The Hall–Kier alpha value is -0.940. The fourth-order valence-electron chi connectivity index (χ4n) is 14.0. The van der Waals surface area contributed by atoms with Crippen molar-refractivity contribution in [2.75, 3.05) is 13.2 Å². The van der Waals surface area contributed by atoms with Crippen molar-refractivity contribution in [2.24, 2.45) is 46.3 Å². The second-order valence-corrected chi connectivity index (χ2v) is 21.2. The Morgan fingerprint density at radius 3 is 1.97 bits per heavy atom. The maximum atomic E-state index is 12.0. The van der Waals surface area contributed by atoms with E-state index in [0.717, 1.165) is 45.1 Å². The second-order valence-electron chi connectivity index (χ2n) is 21.2. The predicted octanol–water partition coefficient (Wildman–Crippen LogP) is 0.213. The van der Waals surface area contributed by atoms with Gasteiger partial charge in [0.1, 0.15) is 61.0 Å². The first kappa shape index (κ1) is 46.2. The highest BCUT2D eigenvalue weighted by atomic mass is 16.8. The van der Waals surface area contributed by atoms with Crippen molar-refractivity contribution in [3.8, 4) is 0 Å². The molecule has 0 radical (unpaired) electrons. The van der Waals surface area contributed by atoms with E-state index >= 15 is 0 Å². The predicted molar refractivity (Wildman–Crippen MR) is 214 cm³/mol. The van der Waals surface area contributed by atoms with E-state index in [2.05, 4.69) is 33.8 Å². The molecule has 0 aromatic carbocycles. The van der Waals surface area contributed by atoms with Crippen LogP contribution in [0.5, 0.6) is 0 Å². The van der Waals surface area contributed by atoms with Crippen LogP contribution in [0.25, 0.3) is 0 Å². The molecule has 8 fully saturated rings. The minimum atomic E-state index is -1.76. The van der Waals surface area contributed by atoms with Gasteiger partial charge in [-0.25, -0.2) is 0 Å². The van der Waals surface area contributed by atoms with Crippen LogP contribution in [0.2, 0.25) is 0 Å². The summed E-state index contributed by atoms with van der Waals surface area (Å²) in [6.07, 6.45) is -14.8. The highest BCUT2D eigenvalue weighted by Gasteiger charge is 2.69. The molecular formula is C45H72O17. The molecule has 0 aromatic rings. The second kappa shape index (κ2) is 17.0. The summed E-state index contributed by atoms with van der Waals surface area (Å²) < 4.78 is 49.8. The van der Waals surface area contributed by atoms with Crippen LogP contribution in [0.15, 0.2) is 11.6 Å². The number of hydrogen-bond donors (Lipinski definition) is 9. The van der Waals surface area contributed by atoms with Crippen LogP contribution >= 0.6 is 0 Å². The van der Waals surface area contributed by atoms with E-state index in [0.29, 0.717) is 48.3 Å². The van der Waals surface area contributed by atoms with Crippen LogP contribution in [0, 0.1) is 46.3 Å². The van der Waals surface area contributed by atoms with Crippen molar-refractivity contribution in [3.05, 3.63) is 11.6 Å². The number of ether oxygens (including phenoxy) is 8. The van der Waals surface area contributed by atoms with Crippen LogP contribution in [0.1, 0.15) is 92.9 Å². The zero-order valence-electron chi connectivity index (χ0n) is 36.8. The van der Waals surface area contributed by atoms with E-state index in [1.54, 1.807) is 0 Å². The lowest BCUT2D eigenvalue weighted by atomic mass is 9.46. The zero-order chi connectivity index (χ0) is 44.4. The number of allylic oxidation sites excluding steroid dienone is 1. The maximum Gasteiger partial charge on any atom is 0.187 e. The number of aliphatic hydroxyl groups excluding tert-OH is 9. The Morgan fingerprint density at radius 2 is 1.35 bits per heavy atom. The molecule has 354 valence electrons. The topological polar surface area (TPSA) is 256 Å². The van der Waals surface area contributed by atoms with Gasteiger partial charge in [-0.05, 0) is 99.2 Å². The standard InChI is InChI=1S/C45H72O17/c1-18-9-12-45(55-17-18)19(2)30-28(62-45)14-25-23-8-7-22-13-27(26(47)15-44(22,6)24(23)10-11-43(25,30)5)58-42-39(61-41-36(53)34(51)32(49)21(4)57-41)37(54)38(29(16-46)59-42)60-40-35(52)33(50)31(48)20(3)56-40/h7,18-21,23-42,46-54H,8-17H2,1-6H3. The lowest BCUT2D eigenvalue weighted by molar-refractivity contribution is -0.390. The summed E-state index contributed by atoms with van der Waals surface area (Å²) in [4.78, 5) is 0. The monoisotopic (exact) mass is 884 g/mol. The summed E-state index contributed by atoms with van der Waals surface area (Å²) in [6, 6.07) is 0. The molecule has 0 bridgehead atoms. The molecule has 27 unspecified atom stereocenters. The Bertz CT molecular complexity index is 1630. The molecule has 17 nitrogen and oxygen atoms in total. The summed E-state index contributed by atoms with van der Waals surface area (Å²) in [5.41, 5.74) is 1.02. The van der Waals surface area contributed by atoms with Gasteiger partial charge in [-0.2, -0.15) is 0 Å². The zero-order valence-corrected chi connectivity index (χ0v) is 36.8. The number of fused-ring (bicyclic) bond motifs is 7. The molecular weight excluding hydrogens is 812 g/mol. The summed E-state index contributed by atoms with van der Waals surface area (Å²) >= 11 is 0. The third kappa shape index (κ3) is 7.40. The first-order chi connectivity index (χ1) is 29.3.